The number of nitrogens with one attached hydrogen (secondary N) is 2. The maximum absolute atomic E-state index is 4.68. The molecule has 1 aromatic heterocycles. The van der Waals surface area contributed by atoms with Gasteiger partial charge in [-0.05, 0) is 45.2 Å². The molecule has 120 valence electrons. The average Bonchev–Trinajstić information content (AvgIpc) is 3.12. The number of thiophene rings is 1. The summed E-state index contributed by atoms with van der Waals surface area (Å²) in [4.78, 5) is 7.51. The number of aryl methyl sites for hydroxylation is 1. The van der Waals surface area contributed by atoms with Crippen LogP contribution in [0.5, 0.6) is 0 Å². The van der Waals surface area contributed by atoms with E-state index in [1.807, 2.05) is 11.3 Å². The fraction of sp³-hybridized carbons (Fsp3) is 0.688. The molecule has 1 aromatic rings. The van der Waals surface area contributed by atoms with Gasteiger partial charge < -0.3 is 10.6 Å². The number of aliphatic imine (C=N–C) groups is 1. The van der Waals surface area contributed by atoms with Gasteiger partial charge in [0.15, 0.2) is 5.96 Å². The highest BCUT2D eigenvalue weighted by Crippen LogP contribution is 2.32. The Hall–Kier alpha value is -0.300. The van der Waals surface area contributed by atoms with Crippen molar-refractivity contribution in [2.24, 2.45) is 10.9 Å². The van der Waals surface area contributed by atoms with Gasteiger partial charge in [-0.1, -0.05) is 12.8 Å². The lowest BCUT2D eigenvalue weighted by Gasteiger charge is -2.17. The standard InChI is InChI=1S/C16H27N3S.HI/c1-4-17-16(18-10-9-14-6-7-14)19-12(2)11-15-8-5-13(3)20-15;/h5,8,12,14H,4,6-7,9-11H2,1-3H3,(H2,17,18,19);1H. The van der Waals surface area contributed by atoms with Gasteiger partial charge in [0, 0.05) is 35.3 Å². The van der Waals surface area contributed by atoms with Crippen LogP contribution in [-0.4, -0.2) is 25.1 Å². The van der Waals surface area contributed by atoms with Crippen molar-refractivity contribution in [3.63, 3.8) is 0 Å². The van der Waals surface area contributed by atoms with Gasteiger partial charge in [0.2, 0.25) is 0 Å². The summed E-state index contributed by atoms with van der Waals surface area (Å²) < 4.78 is 0. The van der Waals surface area contributed by atoms with E-state index in [1.54, 1.807) is 0 Å². The van der Waals surface area contributed by atoms with Crippen LogP contribution >= 0.6 is 35.3 Å². The fourth-order valence-corrected chi connectivity index (χ4v) is 3.29. The molecule has 0 aromatic carbocycles. The van der Waals surface area contributed by atoms with Crippen LogP contribution in [0.3, 0.4) is 0 Å². The molecule has 0 spiro atoms. The van der Waals surface area contributed by atoms with Crippen molar-refractivity contribution in [2.45, 2.75) is 52.5 Å². The first-order valence-electron chi connectivity index (χ1n) is 7.77. The normalized spacial score (nSPS) is 16.2. The van der Waals surface area contributed by atoms with E-state index < -0.39 is 0 Å². The van der Waals surface area contributed by atoms with Gasteiger partial charge in [-0.25, -0.2) is 0 Å². The Labute approximate surface area is 150 Å². The van der Waals surface area contributed by atoms with Crippen LogP contribution in [0.15, 0.2) is 17.1 Å². The van der Waals surface area contributed by atoms with Crippen LogP contribution in [-0.2, 0) is 6.42 Å². The second-order valence-corrected chi connectivity index (χ2v) is 7.13. The van der Waals surface area contributed by atoms with E-state index in [9.17, 15) is 0 Å². The molecule has 0 bridgehead atoms. The number of halogens is 1. The molecule has 2 N–H and O–H groups in total. The van der Waals surface area contributed by atoms with Crippen LogP contribution in [0.25, 0.3) is 0 Å². The van der Waals surface area contributed by atoms with Crippen molar-refractivity contribution in [1.29, 1.82) is 0 Å². The summed E-state index contributed by atoms with van der Waals surface area (Å²) in [6, 6.07) is 4.84. The molecular weight excluding hydrogens is 393 g/mol. The van der Waals surface area contributed by atoms with Gasteiger partial charge in [0.05, 0.1) is 0 Å². The maximum Gasteiger partial charge on any atom is 0.191 e. The largest absolute Gasteiger partial charge is 0.357 e. The molecule has 1 aliphatic carbocycles. The van der Waals surface area contributed by atoms with E-state index in [0.29, 0.717) is 6.04 Å². The summed E-state index contributed by atoms with van der Waals surface area (Å²) >= 11 is 1.89. The van der Waals surface area contributed by atoms with Crippen LogP contribution in [0, 0.1) is 12.8 Å². The highest BCUT2D eigenvalue weighted by atomic mass is 127. The smallest absolute Gasteiger partial charge is 0.191 e. The molecular formula is C16H28IN3S. The van der Waals surface area contributed by atoms with E-state index >= 15 is 0 Å². The first-order chi connectivity index (χ1) is 9.67. The zero-order valence-corrected chi connectivity index (χ0v) is 16.5. The first kappa shape index (κ1) is 18.7. The Bertz CT molecular complexity index is 440. The Morgan fingerprint density at radius 3 is 2.76 bits per heavy atom. The lowest BCUT2D eigenvalue weighted by Crippen LogP contribution is -2.43. The predicted molar refractivity (Wildman–Crippen MR) is 104 cm³/mol. The molecule has 0 saturated heterocycles. The zero-order valence-electron chi connectivity index (χ0n) is 13.3. The summed E-state index contributed by atoms with van der Waals surface area (Å²) in [5, 5.41) is 6.86. The van der Waals surface area contributed by atoms with Crippen molar-refractivity contribution >= 4 is 41.3 Å². The number of nitrogens with zero attached hydrogens (tertiary/aromatic N) is 1. The first-order valence-corrected chi connectivity index (χ1v) is 8.59. The Morgan fingerprint density at radius 1 is 1.43 bits per heavy atom. The van der Waals surface area contributed by atoms with Crippen molar-refractivity contribution in [2.75, 3.05) is 13.1 Å². The van der Waals surface area contributed by atoms with Crippen molar-refractivity contribution in [1.82, 2.24) is 10.6 Å². The SMILES string of the molecule is CCNC(=NCCC1CC1)NC(C)Cc1ccc(C)s1.I. The summed E-state index contributed by atoms with van der Waals surface area (Å²) in [6.45, 7) is 8.37. The van der Waals surface area contributed by atoms with Crippen LogP contribution < -0.4 is 10.6 Å². The molecule has 3 nitrogen and oxygen atoms in total. The van der Waals surface area contributed by atoms with Crippen molar-refractivity contribution in [3.05, 3.63) is 21.9 Å². The number of rotatable bonds is 7. The van der Waals surface area contributed by atoms with Gasteiger partial charge in [-0.2, -0.15) is 0 Å². The van der Waals surface area contributed by atoms with Gasteiger partial charge in [0.25, 0.3) is 0 Å². The third-order valence-electron chi connectivity index (χ3n) is 3.53. The number of guanidine groups is 1. The zero-order chi connectivity index (χ0) is 14.4. The molecule has 1 fully saturated rings. The molecule has 0 radical (unpaired) electrons. The fourth-order valence-electron chi connectivity index (χ4n) is 2.27. The van der Waals surface area contributed by atoms with Gasteiger partial charge in [0.1, 0.15) is 0 Å². The molecule has 1 heterocycles. The number of hydrogen-bond donors (Lipinski definition) is 2. The van der Waals surface area contributed by atoms with Gasteiger partial charge >= 0.3 is 0 Å². The Kier molecular flexibility index (Phi) is 8.63. The highest BCUT2D eigenvalue weighted by molar-refractivity contribution is 14.0. The van der Waals surface area contributed by atoms with Crippen molar-refractivity contribution < 1.29 is 0 Å². The van der Waals surface area contributed by atoms with Crippen LogP contribution in [0.2, 0.25) is 0 Å². The molecule has 1 unspecified atom stereocenters. The molecule has 0 aliphatic heterocycles. The molecule has 0 amide bonds. The van der Waals surface area contributed by atoms with E-state index in [2.05, 4.69) is 48.5 Å². The maximum atomic E-state index is 4.68. The third-order valence-corrected chi connectivity index (χ3v) is 4.56. The minimum Gasteiger partial charge on any atom is -0.357 e. The van der Waals surface area contributed by atoms with Crippen LogP contribution in [0.1, 0.15) is 42.9 Å². The highest BCUT2D eigenvalue weighted by Gasteiger charge is 2.20. The Balaban J connectivity index is 0.00000220. The summed E-state index contributed by atoms with van der Waals surface area (Å²) in [5.74, 6) is 1.92. The second-order valence-electron chi connectivity index (χ2n) is 5.75. The Morgan fingerprint density at radius 2 is 2.19 bits per heavy atom. The lowest BCUT2D eigenvalue weighted by atomic mass is 10.2. The summed E-state index contributed by atoms with van der Waals surface area (Å²) in [7, 11) is 0. The lowest BCUT2D eigenvalue weighted by molar-refractivity contribution is 0.641. The van der Waals surface area contributed by atoms with E-state index in [1.165, 1.54) is 29.0 Å². The minimum atomic E-state index is 0. The molecule has 1 saturated carbocycles. The van der Waals surface area contributed by atoms with E-state index in [4.69, 9.17) is 0 Å². The van der Waals surface area contributed by atoms with Crippen LogP contribution in [0.4, 0.5) is 0 Å². The quantitative estimate of drug-likeness (QED) is 0.397. The molecule has 2 rings (SSSR count). The molecule has 21 heavy (non-hydrogen) atoms. The van der Waals surface area contributed by atoms with Gasteiger partial charge in [-0.3, -0.25) is 4.99 Å². The third kappa shape index (κ3) is 7.49. The van der Waals surface area contributed by atoms with E-state index in [-0.39, 0.29) is 24.0 Å². The summed E-state index contributed by atoms with van der Waals surface area (Å²) in [6.07, 6.45) is 5.13. The molecule has 5 heteroatoms. The predicted octanol–water partition coefficient (Wildman–Crippen LogP) is 3.96. The topological polar surface area (TPSA) is 36.4 Å². The second kappa shape index (κ2) is 9.66. The molecule has 1 aliphatic rings. The van der Waals surface area contributed by atoms with E-state index in [0.717, 1.165) is 31.4 Å². The van der Waals surface area contributed by atoms with Crippen molar-refractivity contribution in [3.8, 4) is 0 Å². The average molecular weight is 421 g/mol. The molecule has 1 atom stereocenters. The number of hydrogen-bond acceptors (Lipinski definition) is 2. The summed E-state index contributed by atoms with van der Waals surface area (Å²) in [5.41, 5.74) is 0. The monoisotopic (exact) mass is 421 g/mol. The van der Waals surface area contributed by atoms with Gasteiger partial charge in [-0.15, -0.1) is 35.3 Å². The minimum absolute atomic E-state index is 0.